The minimum Gasteiger partial charge on any atom is -0.512 e. The largest absolute Gasteiger partial charge is 0.512 e. The Hall–Kier alpha value is -3.57. The van der Waals surface area contributed by atoms with Gasteiger partial charge in [-0.3, -0.25) is 9.78 Å². The number of allylic oxidation sites excluding steroid dienone is 2. The van der Waals surface area contributed by atoms with E-state index in [1.54, 1.807) is 6.26 Å². The van der Waals surface area contributed by atoms with Crippen molar-refractivity contribution in [3.05, 3.63) is 101 Å². The summed E-state index contributed by atoms with van der Waals surface area (Å²) < 4.78 is 7.16. The van der Waals surface area contributed by atoms with Crippen molar-refractivity contribution in [2.45, 2.75) is 114 Å². The van der Waals surface area contributed by atoms with Crippen LogP contribution in [-0.4, -0.2) is 15.9 Å². The van der Waals surface area contributed by atoms with Crippen LogP contribution in [0.3, 0.4) is 0 Å². The molecule has 0 aliphatic carbocycles. The van der Waals surface area contributed by atoms with E-state index in [9.17, 15) is 9.90 Å². The van der Waals surface area contributed by atoms with Crippen LogP contribution in [-0.2, 0) is 36.7 Å². The Morgan fingerprint density at radius 1 is 0.870 bits per heavy atom. The number of benzene rings is 3. The van der Waals surface area contributed by atoms with Gasteiger partial charge in [0.1, 0.15) is 5.76 Å². The fraction of sp³-hybridized carbons (Fsp3) is 0.417. The van der Waals surface area contributed by atoms with Crippen molar-refractivity contribution in [2.24, 2.45) is 16.7 Å². The number of aromatic nitrogens is 1. The average Bonchev–Trinajstić information content (AvgIpc) is 3.79. The Kier molecular flexibility index (Phi) is 14.0. The van der Waals surface area contributed by atoms with Gasteiger partial charge in [-0.25, -0.2) is 0 Å². The number of nitrogens with zero attached hydrogens (tertiary/aromatic N) is 1. The molecule has 0 atom stereocenters. The Labute approximate surface area is 340 Å². The monoisotopic (exact) mass is 921 g/mol. The van der Waals surface area contributed by atoms with E-state index in [4.69, 9.17) is 9.40 Å². The smallest absolute Gasteiger partial charge is 0.219 e. The van der Waals surface area contributed by atoms with Gasteiger partial charge in [-0.2, -0.15) is 0 Å². The number of thiophene rings is 1. The van der Waals surface area contributed by atoms with E-state index in [0.717, 1.165) is 59.7 Å². The van der Waals surface area contributed by atoms with Crippen LogP contribution in [0.5, 0.6) is 0 Å². The van der Waals surface area contributed by atoms with Crippen LogP contribution in [0.2, 0.25) is 0 Å². The predicted molar refractivity (Wildman–Crippen MR) is 227 cm³/mol. The Morgan fingerprint density at radius 2 is 1.54 bits per heavy atom. The molecule has 0 aliphatic rings. The first-order valence-electron chi connectivity index (χ1n) is 19.4. The van der Waals surface area contributed by atoms with Gasteiger partial charge in [0.05, 0.1) is 6.26 Å². The molecule has 3 aromatic carbocycles. The molecule has 0 saturated heterocycles. The predicted octanol–water partition coefficient (Wildman–Crippen LogP) is 14.5. The van der Waals surface area contributed by atoms with Gasteiger partial charge < -0.3 is 9.52 Å². The Morgan fingerprint density at radius 3 is 2.17 bits per heavy atom. The number of fused-ring (bicyclic) bond motifs is 3. The maximum atomic E-state index is 12.2. The number of hydrogen-bond donors (Lipinski definition) is 1. The molecule has 0 saturated carbocycles. The summed E-state index contributed by atoms with van der Waals surface area (Å²) in [5.41, 5.74) is 5.56. The van der Waals surface area contributed by atoms with Crippen molar-refractivity contribution in [3.63, 3.8) is 0 Å². The van der Waals surface area contributed by atoms with E-state index in [2.05, 4.69) is 101 Å². The van der Waals surface area contributed by atoms with E-state index in [-0.39, 0.29) is 47.9 Å². The molecular formula is C48H58IrNO3S-. The number of carbonyl (C=O) groups excluding carboxylic acids is 1. The Balaban J connectivity index is 0.000000309. The summed E-state index contributed by atoms with van der Waals surface area (Å²) in [6.07, 6.45) is 7.61. The van der Waals surface area contributed by atoms with Crippen LogP contribution in [0.15, 0.2) is 89.2 Å². The molecule has 6 aromatic rings. The minimum absolute atomic E-state index is 0. The van der Waals surface area contributed by atoms with Crippen molar-refractivity contribution in [1.29, 1.82) is 0 Å². The van der Waals surface area contributed by atoms with Gasteiger partial charge in [-0.15, -0.1) is 40.5 Å². The molecule has 3 heterocycles. The molecule has 4 nitrogen and oxygen atoms in total. The first-order chi connectivity index (χ1) is 25.0. The Bertz CT molecular complexity index is 2240. The number of ketones is 1. The maximum absolute atomic E-state index is 12.2. The molecule has 0 aliphatic heterocycles. The third-order valence-electron chi connectivity index (χ3n) is 11.4. The zero-order chi connectivity index (χ0) is 38.7. The van der Waals surface area contributed by atoms with Gasteiger partial charge in [0.2, 0.25) is 5.71 Å². The average molecular weight is 921 g/mol. The van der Waals surface area contributed by atoms with Crippen LogP contribution in [0, 0.1) is 22.8 Å². The van der Waals surface area contributed by atoms with Crippen molar-refractivity contribution in [3.8, 4) is 22.4 Å². The number of carbonyl (C=O) groups is 1. The van der Waals surface area contributed by atoms with Crippen LogP contribution in [0.4, 0.5) is 0 Å². The van der Waals surface area contributed by atoms with Gasteiger partial charge in [0, 0.05) is 57.7 Å². The van der Waals surface area contributed by atoms with Crippen molar-refractivity contribution in [2.75, 3.05) is 0 Å². The molecular weight excluding hydrogens is 863 g/mol. The molecule has 6 heteroatoms. The quantitative estimate of drug-likeness (QED) is 0.0799. The third-order valence-corrected chi connectivity index (χ3v) is 12.5. The number of hydrogen-bond acceptors (Lipinski definition) is 5. The van der Waals surface area contributed by atoms with Gasteiger partial charge in [0.25, 0.3) is 0 Å². The van der Waals surface area contributed by atoms with E-state index in [1.165, 1.54) is 37.6 Å². The number of aliphatic hydroxyl groups excluding tert-OH is 1. The van der Waals surface area contributed by atoms with E-state index < -0.39 is 0 Å². The summed E-state index contributed by atoms with van der Waals surface area (Å²) >= 11 is 1.90. The standard InChI is InChI=1S/C33H30NOS.C15H28O2.Ir/c1-20(2)14-25-16-23-11-10-22(18-31(23)36-25)28-19-30(34-32-27(28)12-13-35-32)24-15-21-8-6-7-9-26(21)29(17-24)33(3,4)5;1-7-14(5,8-2)12(16)11-13(17)15(6,9-3)10-4;/h6-13,16-20H,14H2,1-5H3;11,16H,7-10H2,1-6H3;/q-1;;/b;12-11-;. The molecule has 6 rings (SSSR count). The summed E-state index contributed by atoms with van der Waals surface area (Å²) in [6, 6.07) is 27.8. The molecule has 1 radical (unpaired) electrons. The fourth-order valence-corrected chi connectivity index (χ4v) is 8.07. The van der Waals surface area contributed by atoms with Gasteiger partial charge >= 0.3 is 0 Å². The van der Waals surface area contributed by atoms with Crippen LogP contribution in [0.25, 0.3) is 54.3 Å². The zero-order valence-corrected chi connectivity index (χ0v) is 37.3. The SMILES string of the molecule is CC(C)Cc1cc2ccc(-c3cc(-c4[c-]c5ccccc5c(C(C)(C)C)c4)nc4occc34)cc2s1.CCC(C)(CC)C(=O)/C=C(\O)C(C)(CC)CC.[Ir]. The van der Waals surface area contributed by atoms with E-state index in [1.807, 2.05) is 58.9 Å². The molecule has 0 fully saturated rings. The molecule has 0 bridgehead atoms. The van der Waals surface area contributed by atoms with Crippen LogP contribution in [0.1, 0.15) is 112 Å². The molecule has 1 N–H and O–H groups in total. The summed E-state index contributed by atoms with van der Waals surface area (Å²) in [7, 11) is 0. The maximum Gasteiger partial charge on any atom is 0.219 e. The number of aliphatic hydroxyl groups is 1. The summed E-state index contributed by atoms with van der Waals surface area (Å²) in [4.78, 5) is 18.6. The van der Waals surface area contributed by atoms with E-state index in [0.29, 0.717) is 11.6 Å². The molecule has 54 heavy (non-hydrogen) atoms. The van der Waals surface area contributed by atoms with Gasteiger partial charge in [-0.1, -0.05) is 124 Å². The number of pyridine rings is 1. The second-order valence-corrected chi connectivity index (χ2v) is 17.7. The second kappa shape index (κ2) is 17.5. The fourth-order valence-electron chi connectivity index (χ4n) is 6.75. The number of furan rings is 1. The first-order valence-corrected chi connectivity index (χ1v) is 20.2. The zero-order valence-electron chi connectivity index (χ0n) is 34.1. The van der Waals surface area contributed by atoms with E-state index >= 15 is 0 Å². The number of rotatable bonds is 11. The minimum atomic E-state index is -0.337. The van der Waals surface area contributed by atoms with Crippen molar-refractivity contribution in [1.82, 2.24) is 4.98 Å². The third kappa shape index (κ3) is 9.27. The van der Waals surface area contributed by atoms with Crippen LogP contribution >= 0.6 is 11.3 Å². The van der Waals surface area contributed by atoms with Gasteiger partial charge in [-0.05, 0) is 78.1 Å². The molecule has 289 valence electrons. The summed E-state index contributed by atoms with van der Waals surface area (Å²) in [5, 5.41) is 14.8. The molecule has 3 aromatic heterocycles. The van der Waals surface area contributed by atoms with Gasteiger partial charge in [0.15, 0.2) is 5.78 Å². The van der Waals surface area contributed by atoms with Crippen LogP contribution < -0.4 is 0 Å². The normalized spacial score (nSPS) is 12.6. The first kappa shape index (κ1) is 43.2. The summed E-state index contributed by atoms with van der Waals surface area (Å²) in [5.74, 6) is 0.941. The van der Waals surface area contributed by atoms with Crippen molar-refractivity contribution >= 4 is 49.1 Å². The molecule has 0 spiro atoms. The topological polar surface area (TPSA) is 63.3 Å². The van der Waals surface area contributed by atoms with Crippen molar-refractivity contribution < 1.29 is 34.4 Å². The molecule has 0 amide bonds. The second-order valence-electron chi connectivity index (χ2n) is 16.6. The molecule has 0 unspecified atom stereocenters. The summed E-state index contributed by atoms with van der Waals surface area (Å²) in [6.45, 7) is 23.4.